The molecular weight excluding hydrogens is 274 g/mol. The predicted octanol–water partition coefficient (Wildman–Crippen LogP) is 0.635. The van der Waals surface area contributed by atoms with Crippen molar-refractivity contribution >= 4 is 11.9 Å². The van der Waals surface area contributed by atoms with Gasteiger partial charge in [-0.25, -0.2) is 4.79 Å². The number of rotatable bonds is 10. The van der Waals surface area contributed by atoms with Crippen LogP contribution in [-0.4, -0.2) is 43.3 Å². The number of ether oxygens (including phenoxy) is 1. The second-order valence-corrected chi connectivity index (χ2v) is 4.96. The molecular formula is C14H23N3O4. The Hall–Kier alpha value is -2.07. The Morgan fingerprint density at radius 3 is 2.57 bits per heavy atom. The van der Waals surface area contributed by atoms with Crippen LogP contribution < -0.4 is 10.6 Å². The molecule has 0 aromatic heterocycles. The Bertz CT molecular complexity index is 413. The molecule has 0 aromatic carbocycles. The molecule has 0 rings (SSSR count). The van der Waals surface area contributed by atoms with E-state index in [2.05, 4.69) is 10.6 Å². The summed E-state index contributed by atoms with van der Waals surface area (Å²) in [5.41, 5.74) is -0.151. The van der Waals surface area contributed by atoms with Crippen molar-refractivity contribution in [3.8, 4) is 6.07 Å². The molecule has 0 spiro atoms. The van der Waals surface area contributed by atoms with Gasteiger partial charge in [-0.2, -0.15) is 5.26 Å². The summed E-state index contributed by atoms with van der Waals surface area (Å²) in [6.45, 7) is 4.85. The Kier molecular flexibility index (Phi) is 9.63. The van der Waals surface area contributed by atoms with Gasteiger partial charge in [-0.15, -0.1) is 0 Å². The van der Waals surface area contributed by atoms with Crippen molar-refractivity contribution in [1.29, 1.82) is 5.26 Å². The summed E-state index contributed by atoms with van der Waals surface area (Å²) in [4.78, 5) is 22.9. The highest BCUT2D eigenvalue weighted by molar-refractivity contribution is 5.99. The normalized spacial score (nSPS) is 12.6. The molecule has 118 valence electrons. The fraction of sp³-hybridized carbons (Fsp3) is 0.643. The molecule has 1 amide bonds. The first-order valence-corrected chi connectivity index (χ1v) is 6.78. The van der Waals surface area contributed by atoms with Crippen LogP contribution in [-0.2, 0) is 14.3 Å². The number of hydrogen-bond donors (Lipinski definition) is 3. The SMILES string of the molecule is COCCCN/C=C(/C#N)C(=O)NC(CC(C)C)C(=O)O. The van der Waals surface area contributed by atoms with Gasteiger partial charge in [-0.3, -0.25) is 4.79 Å². The molecule has 0 aromatic rings. The third-order valence-corrected chi connectivity index (χ3v) is 2.59. The van der Waals surface area contributed by atoms with Crippen LogP contribution in [0.2, 0.25) is 0 Å². The van der Waals surface area contributed by atoms with E-state index in [1.165, 1.54) is 6.20 Å². The standard InChI is InChI=1S/C14H23N3O4/c1-10(2)7-12(14(19)20)17-13(18)11(8-15)9-16-5-4-6-21-3/h9-10,12,16H,4-7H2,1-3H3,(H,17,18)(H,19,20)/b11-9-. The van der Waals surface area contributed by atoms with Crippen molar-refractivity contribution in [3.05, 3.63) is 11.8 Å². The third-order valence-electron chi connectivity index (χ3n) is 2.59. The summed E-state index contributed by atoms with van der Waals surface area (Å²) in [7, 11) is 1.59. The number of amides is 1. The molecule has 0 saturated carbocycles. The molecule has 0 heterocycles. The lowest BCUT2D eigenvalue weighted by Gasteiger charge is -2.16. The first-order chi connectivity index (χ1) is 9.92. The fourth-order valence-corrected chi connectivity index (χ4v) is 1.57. The predicted molar refractivity (Wildman–Crippen MR) is 77.2 cm³/mol. The minimum Gasteiger partial charge on any atom is -0.480 e. The maximum Gasteiger partial charge on any atom is 0.326 e. The van der Waals surface area contributed by atoms with Crippen molar-refractivity contribution in [2.75, 3.05) is 20.3 Å². The van der Waals surface area contributed by atoms with E-state index < -0.39 is 17.9 Å². The number of nitrogens with zero attached hydrogens (tertiary/aromatic N) is 1. The first-order valence-electron chi connectivity index (χ1n) is 6.78. The quantitative estimate of drug-likeness (QED) is 0.310. The zero-order valence-corrected chi connectivity index (χ0v) is 12.7. The van der Waals surface area contributed by atoms with Gasteiger partial charge in [-0.1, -0.05) is 13.8 Å². The molecule has 7 nitrogen and oxygen atoms in total. The molecule has 0 aliphatic heterocycles. The van der Waals surface area contributed by atoms with Crippen LogP contribution in [0.4, 0.5) is 0 Å². The molecule has 0 saturated heterocycles. The largest absolute Gasteiger partial charge is 0.480 e. The van der Waals surface area contributed by atoms with E-state index in [9.17, 15) is 9.59 Å². The van der Waals surface area contributed by atoms with Crippen LogP contribution in [0.1, 0.15) is 26.7 Å². The molecule has 0 fully saturated rings. The van der Waals surface area contributed by atoms with Crippen molar-refractivity contribution in [2.24, 2.45) is 5.92 Å². The van der Waals surface area contributed by atoms with E-state index in [0.29, 0.717) is 19.6 Å². The second-order valence-electron chi connectivity index (χ2n) is 4.96. The van der Waals surface area contributed by atoms with Gasteiger partial charge in [0.15, 0.2) is 0 Å². The summed E-state index contributed by atoms with van der Waals surface area (Å²) < 4.78 is 4.87. The number of nitriles is 1. The summed E-state index contributed by atoms with van der Waals surface area (Å²) >= 11 is 0. The van der Waals surface area contributed by atoms with E-state index in [4.69, 9.17) is 15.1 Å². The lowest BCUT2D eigenvalue weighted by atomic mass is 10.0. The Balaban J connectivity index is 4.52. The number of carboxylic acid groups (broad SMARTS) is 1. The monoisotopic (exact) mass is 297 g/mol. The maximum absolute atomic E-state index is 11.9. The average Bonchev–Trinajstić information content (AvgIpc) is 2.41. The molecule has 0 aliphatic carbocycles. The number of carbonyl (C=O) groups is 2. The van der Waals surface area contributed by atoms with Gasteiger partial charge in [0.05, 0.1) is 0 Å². The number of aliphatic carboxylic acids is 1. The molecule has 0 bridgehead atoms. The summed E-state index contributed by atoms with van der Waals surface area (Å²) in [5, 5.41) is 23.2. The third kappa shape index (κ3) is 8.65. The van der Waals surface area contributed by atoms with Gasteiger partial charge >= 0.3 is 5.97 Å². The van der Waals surface area contributed by atoms with Crippen LogP contribution in [0.3, 0.4) is 0 Å². The number of carboxylic acids is 1. The number of methoxy groups -OCH3 is 1. The average molecular weight is 297 g/mol. The van der Waals surface area contributed by atoms with Crippen molar-refractivity contribution in [2.45, 2.75) is 32.7 Å². The van der Waals surface area contributed by atoms with Crippen LogP contribution in [0.5, 0.6) is 0 Å². The van der Waals surface area contributed by atoms with Crippen LogP contribution in [0.15, 0.2) is 11.8 Å². The van der Waals surface area contributed by atoms with E-state index in [1.807, 2.05) is 13.8 Å². The van der Waals surface area contributed by atoms with E-state index in [-0.39, 0.29) is 11.5 Å². The topological polar surface area (TPSA) is 111 Å². The molecule has 1 unspecified atom stereocenters. The van der Waals surface area contributed by atoms with E-state index >= 15 is 0 Å². The second kappa shape index (κ2) is 10.7. The van der Waals surface area contributed by atoms with Gasteiger partial charge in [-0.05, 0) is 18.8 Å². The minimum atomic E-state index is -1.11. The van der Waals surface area contributed by atoms with Gasteiger partial charge in [0, 0.05) is 26.5 Å². The summed E-state index contributed by atoms with van der Waals surface area (Å²) in [6.07, 6.45) is 2.33. The summed E-state index contributed by atoms with van der Waals surface area (Å²) in [5.74, 6) is -1.68. The molecule has 0 radical (unpaired) electrons. The Morgan fingerprint density at radius 2 is 2.10 bits per heavy atom. The Morgan fingerprint density at radius 1 is 1.43 bits per heavy atom. The Labute approximate surface area is 125 Å². The highest BCUT2D eigenvalue weighted by Crippen LogP contribution is 2.06. The highest BCUT2D eigenvalue weighted by Gasteiger charge is 2.22. The lowest BCUT2D eigenvalue weighted by molar-refractivity contribution is -0.141. The minimum absolute atomic E-state index is 0.119. The van der Waals surface area contributed by atoms with Gasteiger partial charge in [0.25, 0.3) is 5.91 Å². The molecule has 1 atom stereocenters. The van der Waals surface area contributed by atoms with Crippen LogP contribution in [0, 0.1) is 17.2 Å². The van der Waals surface area contributed by atoms with E-state index in [1.54, 1.807) is 13.2 Å². The van der Waals surface area contributed by atoms with Gasteiger partial charge < -0.3 is 20.5 Å². The van der Waals surface area contributed by atoms with Gasteiger partial charge in [0.1, 0.15) is 17.7 Å². The molecule has 3 N–H and O–H groups in total. The highest BCUT2D eigenvalue weighted by atomic mass is 16.5. The zero-order valence-electron chi connectivity index (χ0n) is 12.7. The van der Waals surface area contributed by atoms with Gasteiger partial charge in [0.2, 0.25) is 0 Å². The molecule has 7 heteroatoms. The number of nitrogens with one attached hydrogen (secondary N) is 2. The van der Waals surface area contributed by atoms with Crippen LogP contribution in [0.25, 0.3) is 0 Å². The van der Waals surface area contributed by atoms with Crippen molar-refractivity contribution in [3.63, 3.8) is 0 Å². The maximum atomic E-state index is 11.9. The number of carbonyl (C=O) groups excluding carboxylic acids is 1. The molecule has 0 aliphatic rings. The van der Waals surface area contributed by atoms with Crippen LogP contribution >= 0.6 is 0 Å². The summed E-state index contributed by atoms with van der Waals surface area (Å²) in [6, 6.07) is 0.755. The zero-order chi connectivity index (χ0) is 16.3. The lowest BCUT2D eigenvalue weighted by Crippen LogP contribution is -2.42. The van der Waals surface area contributed by atoms with E-state index in [0.717, 1.165) is 6.42 Å². The molecule has 21 heavy (non-hydrogen) atoms. The van der Waals surface area contributed by atoms with Crippen molar-refractivity contribution < 1.29 is 19.4 Å². The van der Waals surface area contributed by atoms with Crippen molar-refractivity contribution in [1.82, 2.24) is 10.6 Å². The fourth-order valence-electron chi connectivity index (χ4n) is 1.57. The smallest absolute Gasteiger partial charge is 0.326 e. The number of hydrogen-bond acceptors (Lipinski definition) is 5. The first kappa shape index (κ1) is 18.9.